The summed E-state index contributed by atoms with van der Waals surface area (Å²) in [5.41, 5.74) is 1.24. The Hall–Kier alpha value is -1.06. The van der Waals surface area contributed by atoms with Crippen molar-refractivity contribution >= 4 is 17.5 Å². The lowest BCUT2D eigenvalue weighted by Gasteiger charge is -2.32. The summed E-state index contributed by atoms with van der Waals surface area (Å²) in [7, 11) is 0. The average molecular weight is 323 g/mol. The Bertz CT molecular complexity index is 484. The minimum Gasteiger partial charge on any atom is -0.353 e. The van der Waals surface area contributed by atoms with E-state index in [2.05, 4.69) is 30.1 Å². The summed E-state index contributed by atoms with van der Waals surface area (Å²) in [6.45, 7) is 7.12. The fourth-order valence-electron chi connectivity index (χ4n) is 3.11. The van der Waals surface area contributed by atoms with E-state index < -0.39 is 0 Å². The van der Waals surface area contributed by atoms with Gasteiger partial charge in [0.2, 0.25) is 5.91 Å². The first-order valence-corrected chi connectivity index (χ1v) is 8.73. The minimum atomic E-state index is 0.176. The molecule has 1 aromatic rings. The van der Waals surface area contributed by atoms with Gasteiger partial charge in [0.15, 0.2) is 0 Å². The normalized spacial score (nSPS) is 18.1. The first-order chi connectivity index (χ1) is 10.6. The van der Waals surface area contributed by atoms with Crippen molar-refractivity contribution in [3.05, 3.63) is 34.9 Å². The number of nitrogens with one attached hydrogen (secondary N) is 1. The van der Waals surface area contributed by atoms with Gasteiger partial charge in [-0.1, -0.05) is 37.1 Å². The van der Waals surface area contributed by atoms with Crippen molar-refractivity contribution in [1.82, 2.24) is 10.2 Å². The summed E-state index contributed by atoms with van der Waals surface area (Å²) >= 11 is 6.03. The summed E-state index contributed by atoms with van der Waals surface area (Å²) in [6, 6.07) is 8.32. The van der Waals surface area contributed by atoms with Crippen LogP contribution < -0.4 is 5.32 Å². The molecule has 1 aliphatic heterocycles. The molecule has 1 heterocycles. The van der Waals surface area contributed by atoms with E-state index in [0.29, 0.717) is 6.04 Å². The summed E-state index contributed by atoms with van der Waals surface area (Å²) < 4.78 is 0. The van der Waals surface area contributed by atoms with Crippen LogP contribution >= 0.6 is 11.6 Å². The molecule has 2 rings (SSSR count). The van der Waals surface area contributed by atoms with Crippen LogP contribution in [0, 0.1) is 5.92 Å². The van der Waals surface area contributed by atoms with Crippen molar-refractivity contribution in [1.29, 1.82) is 0 Å². The number of halogens is 1. The lowest BCUT2D eigenvalue weighted by molar-refractivity contribution is -0.127. The smallest absolute Gasteiger partial charge is 0.223 e. The summed E-state index contributed by atoms with van der Waals surface area (Å²) in [6.07, 6.45) is 4.06. The van der Waals surface area contributed by atoms with Gasteiger partial charge in [-0.3, -0.25) is 9.69 Å². The molecule has 122 valence electrons. The zero-order valence-electron chi connectivity index (χ0n) is 13.6. The molecule has 1 saturated heterocycles. The quantitative estimate of drug-likeness (QED) is 0.862. The highest BCUT2D eigenvalue weighted by Crippen LogP contribution is 2.20. The average Bonchev–Trinajstić information content (AvgIpc) is 2.48. The number of likely N-dealkylation sites (tertiary alicyclic amines) is 1. The number of hydrogen-bond acceptors (Lipinski definition) is 2. The SMILES string of the molecule is CCC[C@H](C)NC(=O)C1CCN(Cc2cccc(Cl)c2)CC1. The van der Waals surface area contributed by atoms with E-state index in [0.717, 1.165) is 50.3 Å². The number of carbonyl (C=O) groups excluding carboxylic acids is 1. The molecular formula is C18H27ClN2O. The van der Waals surface area contributed by atoms with Crippen LogP contribution in [0.1, 0.15) is 45.1 Å². The van der Waals surface area contributed by atoms with E-state index in [9.17, 15) is 4.79 Å². The molecule has 1 aliphatic rings. The molecule has 0 radical (unpaired) electrons. The largest absolute Gasteiger partial charge is 0.353 e. The predicted octanol–water partition coefficient (Wildman–Crippen LogP) is 3.86. The molecule has 1 atom stereocenters. The van der Waals surface area contributed by atoms with Gasteiger partial charge < -0.3 is 5.32 Å². The molecule has 22 heavy (non-hydrogen) atoms. The van der Waals surface area contributed by atoms with Crippen molar-refractivity contribution < 1.29 is 4.79 Å². The van der Waals surface area contributed by atoms with E-state index in [1.54, 1.807) is 0 Å². The summed E-state index contributed by atoms with van der Waals surface area (Å²) in [4.78, 5) is 14.7. The van der Waals surface area contributed by atoms with E-state index in [1.165, 1.54) is 5.56 Å². The van der Waals surface area contributed by atoms with Crippen LogP contribution in [0.3, 0.4) is 0 Å². The van der Waals surface area contributed by atoms with Gasteiger partial charge in [0.05, 0.1) is 0 Å². The molecule has 0 unspecified atom stereocenters. The standard InChI is InChI=1S/C18H27ClN2O/c1-3-5-14(2)20-18(22)16-8-10-21(11-9-16)13-15-6-4-7-17(19)12-15/h4,6-7,12,14,16H,3,5,8-11,13H2,1-2H3,(H,20,22)/t14-/m0/s1. The molecule has 0 bridgehead atoms. The molecule has 0 aromatic heterocycles. The van der Waals surface area contributed by atoms with E-state index in [4.69, 9.17) is 11.6 Å². The first-order valence-electron chi connectivity index (χ1n) is 8.35. The second-order valence-corrected chi connectivity index (χ2v) is 6.82. The van der Waals surface area contributed by atoms with Crippen molar-refractivity contribution in [2.75, 3.05) is 13.1 Å². The van der Waals surface area contributed by atoms with Gasteiger partial charge in [-0.15, -0.1) is 0 Å². The van der Waals surface area contributed by atoms with Crippen molar-refractivity contribution in [3.8, 4) is 0 Å². The predicted molar refractivity (Wildman–Crippen MR) is 92.0 cm³/mol. The number of amides is 1. The summed E-state index contributed by atoms with van der Waals surface area (Å²) in [5, 5.41) is 3.94. The van der Waals surface area contributed by atoms with E-state index in [1.807, 2.05) is 18.2 Å². The van der Waals surface area contributed by atoms with Crippen molar-refractivity contribution in [3.63, 3.8) is 0 Å². The number of hydrogen-bond donors (Lipinski definition) is 1. The Labute approximate surface area is 139 Å². The van der Waals surface area contributed by atoms with Gasteiger partial charge in [-0.25, -0.2) is 0 Å². The van der Waals surface area contributed by atoms with Gasteiger partial charge >= 0.3 is 0 Å². The Balaban J connectivity index is 1.76. The van der Waals surface area contributed by atoms with Crippen LogP contribution in [0.2, 0.25) is 5.02 Å². The monoisotopic (exact) mass is 322 g/mol. The van der Waals surface area contributed by atoms with Gasteiger partial charge in [-0.05, 0) is 57.0 Å². The van der Waals surface area contributed by atoms with Gasteiger partial charge in [0, 0.05) is 23.5 Å². The lowest BCUT2D eigenvalue weighted by Crippen LogP contribution is -2.42. The molecular weight excluding hydrogens is 296 g/mol. The molecule has 4 heteroatoms. The number of benzene rings is 1. The Kier molecular flexibility index (Phi) is 6.71. The highest BCUT2D eigenvalue weighted by atomic mass is 35.5. The van der Waals surface area contributed by atoms with E-state index in [-0.39, 0.29) is 11.8 Å². The highest BCUT2D eigenvalue weighted by molar-refractivity contribution is 6.30. The fraction of sp³-hybridized carbons (Fsp3) is 0.611. The van der Waals surface area contributed by atoms with Gasteiger partial charge in [0.1, 0.15) is 0 Å². The molecule has 0 aliphatic carbocycles. The number of piperidine rings is 1. The third-order valence-electron chi connectivity index (χ3n) is 4.36. The second kappa shape index (κ2) is 8.54. The Morgan fingerprint density at radius 1 is 1.41 bits per heavy atom. The number of carbonyl (C=O) groups is 1. The molecule has 1 aromatic carbocycles. The third-order valence-corrected chi connectivity index (χ3v) is 4.60. The maximum absolute atomic E-state index is 12.2. The van der Waals surface area contributed by atoms with Crippen molar-refractivity contribution in [2.45, 2.75) is 52.1 Å². The Morgan fingerprint density at radius 2 is 2.14 bits per heavy atom. The zero-order valence-corrected chi connectivity index (χ0v) is 14.4. The van der Waals surface area contributed by atoms with Crippen LogP contribution in [0.5, 0.6) is 0 Å². The maximum atomic E-state index is 12.2. The zero-order chi connectivity index (χ0) is 15.9. The number of rotatable bonds is 6. The van der Waals surface area contributed by atoms with Gasteiger partial charge in [0.25, 0.3) is 0 Å². The fourth-order valence-corrected chi connectivity index (χ4v) is 3.33. The van der Waals surface area contributed by atoms with Gasteiger partial charge in [-0.2, -0.15) is 0 Å². The van der Waals surface area contributed by atoms with Crippen LogP contribution in [0.4, 0.5) is 0 Å². The molecule has 3 nitrogen and oxygen atoms in total. The van der Waals surface area contributed by atoms with E-state index >= 15 is 0 Å². The molecule has 1 N–H and O–H groups in total. The van der Waals surface area contributed by atoms with Crippen LogP contribution in [0.15, 0.2) is 24.3 Å². The second-order valence-electron chi connectivity index (χ2n) is 6.38. The maximum Gasteiger partial charge on any atom is 0.223 e. The minimum absolute atomic E-state index is 0.176. The first kappa shape index (κ1) is 17.3. The third kappa shape index (κ3) is 5.29. The van der Waals surface area contributed by atoms with Crippen LogP contribution in [-0.2, 0) is 11.3 Å². The van der Waals surface area contributed by atoms with Crippen LogP contribution in [-0.4, -0.2) is 29.9 Å². The molecule has 1 amide bonds. The van der Waals surface area contributed by atoms with Crippen molar-refractivity contribution in [2.24, 2.45) is 5.92 Å². The molecule has 0 saturated carbocycles. The Morgan fingerprint density at radius 3 is 2.77 bits per heavy atom. The van der Waals surface area contributed by atoms with Crippen LogP contribution in [0.25, 0.3) is 0 Å². The lowest BCUT2D eigenvalue weighted by atomic mass is 9.95. The topological polar surface area (TPSA) is 32.3 Å². The number of nitrogens with zero attached hydrogens (tertiary/aromatic N) is 1. The summed E-state index contributed by atoms with van der Waals surface area (Å²) in [5.74, 6) is 0.415. The molecule has 1 fully saturated rings. The highest BCUT2D eigenvalue weighted by Gasteiger charge is 2.25. The molecule has 0 spiro atoms.